The molecule has 1 aromatic heterocycles. The number of aromatic nitrogens is 2. The van der Waals surface area contributed by atoms with Gasteiger partial charge in [-0.3, -0.25) is 9.69 Å². The van der Waals surface area contributed by atoms with Gasteiger partial charge in [-0.15, -0.1) is 0 Å². The van der Waals surface area contributed by atoms with Crippen LogP contribution in [0.1, 0.15) is 32.5 Å². The third kappa shape index (κ3) is 3.77. The fraction of sp³-hybridized carbons (Fsp3) is 0.615. The van der Waals surface area contributed by atoms with E-state index in [4.69, 9.17) is 0 Å². The Morgan fingerprint density at radius 2 is 2.06 bits per heavy atom. The number of carbonyl (C=O) groups is 1. The molecule has 1 amide bonds. The van der Waals surface area contributed by atoms with Crippen molar-refractivity contribution < 1.29 is 4.79 Å². The van der Waals surface area contributed by atoms with Gasteiger partial charge in [0.05, 0.1) is 12.2 Å². The van der Waals surface area contributed by atoms with E-state index in [9.17, 15) is 4.79 Å². The van der Waals surface area contributed by atoms with Crippen LogP contribution in [0.4, 0.5) is 0 Å². The Bertz CT molecular complexity index is 365. The molecule has 100 valence electrons. The normalized spacial score (nSPS) is 12.5. The second-order valence-corrected chi connectivity index (χ2v) is 4.29. The quantitative estimate of drug-likeness (QED) is 0.764. The predicted octanol–water partition coefficient (Wildman–Crippen LogP) is 1.34. The Kier molecular flexibility index (Phi) is 5.71. The summed E-state index contributed by atoms with van der Waals surface area (Å²) in [5, 5.41) is 0. The molecule has 0 radical (unpaired) electrons. The van der Waals surface area contributed by atoms with Crippen LogP contribution in [0.3, 0.4) is 0 Å². The first kappa shape index (κ1) is 14.6. The fourth-order valence-electron chi connectivity index (χ4n) is 1.80. The topological polar surface area (TPSA) is 49.3 Å². The lowest BCUT2D eigenvalue weighted by Gasteiger charge is -2.27. The standard InChI is InChI=1S/C13H22N4O/c1-5-17(6-2)13(18)9-16(4)11(3)12-7-8-14-10-15-12/h7-8,10-11H,5-6,9H2,1-4H3/t11-/m0/s1. The Morgan fingerprint density at radius 1 is 1.39 bits per heavy atom. The van der Waals surface area contributed by atoms with Crippen molar-refractivity contribution in [3.8, 4) is 0 Å². The highest BCUT2D eigenvalue weighted by Crippen LogP contribution is 2.14. The molecule has 5 nitrogen and oxygen atoms in total. The average molecular weight is 250 g/mol. The minimum absolute atomic E-state index is 0.104. The van der Waals surface area contributed by atoms with E-state index in [1.807, 2.05) is 43.7 Å². The molecule has 1 aromatic rings. The van der Waals surface area contributed by atoms with Crippen molar-refractivity contribution in [2.75, 3.05) is 26.7 Å². The smallest absolute Gasteiger partial charge is 0.236 e. The van der Waals surface area contributed by atoms with Crippen molar-refractivity contribution in [3.63, 3.8) is 0 Å². The molecular weight excluding hydrogens is 228 g/mol. The predicted molar refractivity (Wildman–Crippen MR) is 71.0 cm³/mol. The first-order valence-corrected chi connectivity index (χ1v) is 6.34. The molecule has 0 aliphatic rings. The van der Waals surface area contributed by atoms with Gasteiger partial charge in [-0.05, 0) is 33.9 Å². The zero-order valence-corrected chi connectivity index (χ0v) is 11.6. The highest BCUT2D eigenvalue weighted by molar-refractivity contribution is 5.78. The highest BCUT2D eigenvalue weighted by Gasteiger charge is 2.18. The van der Waals surface area contributed by atoms with Crippen molar-refractivity contribution in [2.45, 2.75) is 26.8 Å². The summed E-state index contributed by atoms with van der Waals surface area (Å²) < 4.78 is 0. The molecule has 0 unspecified atom stereocenters. The monoisotopic (exact) mass is 250 g/mol. The van der Waals surface area contributed by atoms with E-state index in [1.165, 1.54) is 6.33 Å². The molecule has 0 saturated heterocycles. The Hall–Kier alpha value is -1.49. The highest BCUT2D eigenvalue weighted by atomic mass is 16.2. The van der Waals surface area contributed by atoms with E-state index < -0.39 is 0 Å². The molecule has 5 heteroatoms. The van der Waals surface area contributed by atoms with Gasteiger partial charge in [-0.25, -0.2) is 9.97 Å². The number of hydrogen-bond acceptors (Lipinski definition) is 4. The number of carbonyl (C=O) groups excluding carboxylic acids is 1. The van der Waals surface area contributed by atoms with Gasteiger partial charge in [-0.2, -0.15) is 0 Å². The number of amides is 1. The maximum Gasteiger partial charge on any atom is 0.236 e. The maximum atomic E-state index is 12.0. The molecule has 0 N–H and O–H groups in total. The third-order valence-corrected chi connectivity index (χ3v) is 3.19. The van der Waals surface area contributed by atoms with Gasteiger partial charge in [0.2, 0.25) is 5.91 Å². The largest absolute Gasteiger partial charge is 0.342 e. The summed E-state index contributed by atoms with van der Waals surface area (Å²) in [4.78, 5) is 24.0. The van der Waals surface area contributed by atoms with Crippen molar-refractivity contribution in [1.82, 2.24) is 19.8 Å². The van der Waals surface area contributed by atoms with Crippen molar-refractivity contribution in [2.24, 2.45) is 0 Å². The molecule has 0 spiro atoms. The van der Waals surface area contributed by atoms with Crippen molar-refractivity contribution >= 4 is 5.91 Å². The number of hydrogen-bond donors (Lipinski definition) is 0. The second kappa shape index (κ2) is 7.06. The number of nitrogens with zero attached hydrogens (tertiary/aromatic N) is 4. The molecule has 0 aliphatic heterocycles. The summed E-state index contributed by atoms with van der Waals surface area (Å²) in [6.45, 7) is 7.95. The van der Waals surface area contributed by atoms with Crippen LogP contribution in [-0.4, -0.2) is 52.4 Å². The summed E-state index contributed by atoms with van der Waals surface area (Å²) in [5.74, 6) is 0.156. The van der Waals surface area contributed by atoms with Crippen LogP contribution < -0.4 is 0 Å². The minimum atomic E-state index is 0.104. The summed E-state index contributed by atoms with van der Waals surface area (Å²) in [6, 6.07) is 1.98. The number of likely N-dealkylation sites (N-methyl/N-ethyl adjacent to an activating group) is 2. The van der Waals surface area contributed by atoms with Gasteiger partial charge in [-0.1, -0.05) is 0 Å². The molecule has 1 atom stereocenters. The Balaban J connectivity index is 2.60. The van der Waals surface area contributed by atoms with Gasteiger partial charge in [0.1, 0.15) is 6.33 Å². The van der Waals surface area contributed by atoms with Gasteiger partial charge in [0, 0.05) is 25.3 Å². The first-order chi connectivity index (χ1) is 8.60. The molecule has 0 fully saturated rings. The zero-order chi connectivity index (χ0) is 13.5. The van der Waals surface area contributed by atoms with E-state index in [1.54, 1.807) is 6.20 Å². The average Bonchev–Trinajstić information content (AvgIpc) is 2.40. The Labute approximate surface area is 109 Å². The lowest BCUT2D eigenvalue weighted by atomic mass is 10.2. The molecule has 0 bridgehead atoms. The van der Waals surface area contributed by atoms with Crippen LogP contribution in [0.25, 0.3) is 0 Å². The van der Waals surface area contributed by atoms with Gasteiger partial charge >= 0.3 is 0 Å². The minimum Gasteiger partial charge on any atom is -0.342 e. The van der Waals surface area contributed by atoms with Crippen LogP contribution in [0.5, 0.6) is 0 Å². The molecule has 0 saturated carbocycles. The van der Waals surface area contributed by atoms with E-state index in [0.29, 0.717) is 6.54 Å². The number of rotatable bonds is 6. The van der Waals surface area contributed by atoms with E-state index in [0.717, 1.165) is 18.8 Å². The Morgan fingerprint density at radius 3 is 2.56 bits per heavy atom. The molecule has 1 rings (SSSR count). The van der Waals surface area contributed by atoms with Gasteiger partial charge in [0.15, 0.2) is 0 Å². The maximum absolute atomic E-state index is 12.0. The van der Waals surface area contributed by atoms with Crippen molar-refractivity contribution in [3.05, 3.63) is 24.3 Å². The lowest BCUT2D eigenvalue weighted by Crippen LogP contribution is -2.39. The van der Waals surface area contributed by atoms with Crippen molar-refractivity contribution in [1.29, 1.82) is 0 Å². The van der Waals surface area contributed by atoms with E-state index >= 15 is 0 Å². The van der Waals surface area contributed by atoms with Crippen LogP contribution >= 0.6 is 0 Å². The van der Waals surface area contributed by atoms with E-state index in [2.05, 4.69) is 9.97 Å². The molecule has 1 heterocycles. The fourth-order valence-corrected chi connectivity index (χ4v) is 1.80. The van der Waals surface area contributed by atoms with Crippen LogP contribution in [0, 0.1) is 0 Å². The molecular formula is C13H22N4O. The molecule has 0 aromatic carbocycles. The molecule has 18 heavy (non-hydrogen) atoms. The van der Waals surface area contributed by atoms with Gasteiger partial charge < -0.3 is 4.90 Å². The first-order valence-electron chi connectivity index (χ1n) is 6.34. The summed E-state index contributed by atoms with van der Waals surface area (Å²) in [7, 11) is 1.94. The van der Waals surface area contributed by atoms with Crippen LogP contribution in [0.15, 0.2) is 18.6 Å². The lowest BCUT2D eigenvalue weighted by molar-refractivity contribution is -0.132. The SMILES string of the molecule is CCN(CC)C(=O)CN(C)[C@@H](C)c1ccncn1. The summed E-state index contributed by atoms with van der Waals surface area (Å²) in [5.41, 5.74) is 0.930. The third-order valence-electron chi connectivity index (χ3n) is 3.19. The van der Waals surface area contributed by atoms with E-state index in [-0.39, 0.29) is 11.9 Å². The van der Waals surface area contributed by atoms with Crippen LogP contribution in [-0.2, 0) is 4.79 Å². The van der Waals surface area contributed by atoms with Gasteiger partial charge in [0.25, 0.3) is 0 Å². The second-order valence-electron chi connectivity index (χ2n) is 4.29. The van der Waals surface area contributed by atoms with Crippen LogP contribution in [0.2, 0.25) is 0 Å². The summed E-state index contributed by atoms with van der Waals surface area (Å²) in [6.07, 6.45) is 3.25. The summed E-state index contributed by atoms with van der Waals surface area (Å²) >= 11 is 0. The zero-order valence-electron chi connectivity index (χ0n) is 11.6. The molecule has 0 aliphatic carbocycles.